The van der Waals surface area contributed by atoms with Crippen LogP contribution in [0, 0.1) is 0 Å². The average molecular weight is 219 g/mol. The van der Waals surface area contributed by atoms with Crippen molar-refractivity contribution in [3.8, 4) is 0 Å². The van der Waals surface area contributed by atoms with Gasteiger partial charge >= 0.3 is 0 Å². The number of rotatable bonds is 6. The molecule has 3 nitrogen and oxygen atoms in total. The largest absolute Gasteiger partial charge is 0.391 e. The third-order valence-corrected chi connectivity index (χ3v) is 3.84. The van der Waals surface area contributed by atoms with E-state index in [-0.39, 0.29) is 6.10 Å². The molecule has 1 unspecified atom stereocenters. The van der Waals surface area contributed by atoms with E-state index < -0.39 is 0 Å². The molecule has 1 heterocycles. The summed E-state index contributed by atoms with van der Waals surface area (Å²) in [7, 11) is 0. The van der Waals surface area contributed by atoms with Gasteiger partial charge in [-0.3, -0.25) is 0 Å². The molecular weight excluding hydrogens is 198 g/mol. The van der Waals surface area contributed by atoms with Crippen molar-refractivity contribution < 1.29 is 9.84 Å². The summed E-state index contributed by atoms with van der Waals surface area (Å²) >= 11 is 1.89. The summed E-state index contributed by atoms with van der Waals surface area (Å²) in [5.41, 5.74) is 0. The summed E-state index contributed by atoms with van der Waals surface area (Å²) < 4.78 is 5.28. The first kappa shape index (κ1) is 12.3. The molecule has 14 heavy (non-hydrogen) atoms. The monoisotopic (exact) mass is 219 g/mol. The minimum atomic E-state index is -0.206. The van der Waals surface area contributed by atoms with Gasteiger partial charge in [0.25, 0.3) is 0 Å². The van der Waals surface area contributed by atoms with Gasteiger partial charge in [-0.1, -0.05) is 6.92 Å². The number of likely N-dealkylation sites (N-methyl/N-ethyl adjacent to an activating group) is 1. The Morgan fingerprint density at radius 2 is 2.21 bits per heavy atom. The first-order chi connectivity index (χ1) is 6.83. The highest BCUT2D eigenvalue weighted by atomic mass is 32.2. The molecule has 0 aromatic rings. The molecule has 0 bridgehead atoms. The second kappa shape index (κ2) is 7.51. The van der Waals surface area contributed by atoms with Crippen molar-refractivity contribution in [1.82, 2.24) is 5.32 Å². The highest BCUT2D eigenvalue weighted by Gasteiger charge is 2.15. The van der Waals surface area contributed by atoms with Crippen LogP contribution >= 0.6 is 11.8 Å². The lowest BCUT2D eigenvalue weighted by atomic mass is 10.2. The van der Waals surface area contributed by atoms with Gasteiger partial charge in [-0.05, 0) is 19.4 Å². The van der Waals surface area contributed by atoms with E-state index in [0.29, 0.717) is 11.8 Å². The van der Waals surface area contributed by atoms with Crippen molar-refractivity contribution >= 4 is 11.8 Å². The van der Waals surface area contributed by atoms with Crippen LogP contribution in [-0.4, -0.2) is 48.5 Å². The number of nitrogens with one attached hydrogen (secondary N) is 1. The van der Waals surface area contributed by atoms with Gasteiger partial charge in [0.05, 0.1) is 6.10 Å². The van der Waals surface area contributed by atoms with Crippen molar-refractivity contribution in [3.63, 3.8) is 0 Å². The molecule has 0 aromatic carbocycles. The molecule has 0 spiro atoms. The van der Waals surface area contributed by atoms with Gasteiger partial charge in [0.1, 0.15) is 0 Å². The zero-order valence-corrected chi connectivity index (χ0v) is 9.68. The number of aliphatic hydroxyl groups is 1. The van der Waals surface area contributed by atoms with E-state index in [1.807, 2.05) is 11.8 Å². The summed E-state index contributed by atoms with van der Waals surface area (Å²) in [4.78, 5) is 0. The molecule has 0 aliphatic carbocycles. The molecule has 0 aromatic heterocycles. The van der Waals surface area contributed by atoms with E-state index in [1.54, 1.807) is 0 Å². The van der Waals surface area contributed by atoms with Crippen LogP contribution in [0.15, 0.2) is 0 Å². The zero-order valence-electron chi connectivity index (χ0n) is 8.87. The molecular formula is C10H21NO2S. The summed E-state index contributed by atoms with van der Waals surface area (Å²) in [6.07, 6.45) is 2.07. The van der Waals surface area contributed by atoms with Gasteiger partial charge in [0.15, 0.2) is 0 Å². The predicted molar refractivity (Wildman–Crippen MR) is 60.8 cm³/mol. The van der Waals surface area contributed by atoms with E-state index in [4.69, 9.17) is 4.74 Å². The van der Waals surface area contributed by atoms with Crippen LogP contribution in [0.5, 0.6) is 0 Å². The Balaban J connectivity index is 2.00. The molecule has 0 amide bonds. The Hall–Kier alpha value is 0.230. The Kier molecular flexibility index (Phi) is 6.60. The van der Waals surface area contributed by atoms with Crippen LogP contribution in [0.3, 0.4) is 0 Å². The fraction of sp³-hybridized carbons (Fsp3) is 1.00. The van der Waals surface area contributed by atoms with Gasteiger partial charge in [-0.2, -0.15) is 11.8 Å². The van der Waals surface area contributed by atoms with Crippen LogP contribution in [0.2, 0.25) is 0 Å². The van der Waals surface area contributed by atoms with Gasteiger partial charge in [-0.15, -0.1) is 0 Å². The molecule has 1 aliphatic rings. The third kappa shape index (κ3) is 5.20. The normalized spacial score (nSPS) is 21.0. The maximum atomic E-state index is 9.60. The number of hydrogen-bond acceptors (Lipinski definition) is 4. The summed E-state index contributed by atoms with van der Waals surface area (Å²) in [5.74, 6) is 0.845. The Morgan fingerprint density at radius 3 is 2.86 bits per heavy atom. The maximum absolute atomic E-state index is 9.60. The third-order valence-electron chi connectivity index (χ3n) is 2.32. The Labute approximate surface area is 90.6 Å². The summed E-state index contributed by atoms with van der Waals surface area (Å²) in [6.45, 7) is 5.48. The average Bonchev–Trinajstić information content (AvgIpc) is 2.25. The van der Waals surface area contributed by atoms with Crippen LogP contribution in [0.4, 0.5) is 0 Å². The van der Waals surface area contributed by atoms with Gasteiger partial charge in [0.2, 0.25) is 0 Å². The molecule has 1 saturated heterocycles. The molecule has 1 rings (SSSR count). The Bertz CT molecular complexity index is 140. The van der Waals surface area contributed by atoms with Gasteiger partial charge in [-0.25, -0.2) is 0 Å². The van der Waals surface area contributed by atoms with Crippen molar-refractivity contribution in [3.05, 3.63) is 0 Å². The van der Waals surface area contributed by atoms with Crippen LogP contribution in [0.1, 0.15) is 19.8 Å². The van der Waals surface area contributed by atoms with E-state index in [9.17, 15) is 5.11 Å². The van der Waals surface area contributed by atoms with Gasteiger partial charge in [0, 0.05) is 30.8 Å². The van der Waals surface area contributed by atoms with E-state index in [2.05, 4.69) is 12.2 Å². The standard InChI is InChI=1S/C10H21NO2S/c1-2-11-7-9(12)8-14-10-3-5-13-6-4-10/h9-12H,2-8H2,1H3. The van der Waals surface area contributed by atoms with Crippen LogP contribution < -0.4 is 5.32 Å². The topological polar surface area (TPSA) is 41.5 Å². The predicted octanol–water partition coefficient (Wildman–Crippen LogP) is 0.869. The highest BCUT2D eigenvalue weighted by molar-refractivity contribution is 7.99. The van der Waals surface area contributed by atoms with Crippen molar-refractivity contribution in [2.75, 3.05) is 32.1 Å². The second-order valence-corrected chi connectivity index (χ2v) is 4.94. The molecule has 1 atom stereocenters. The fourth-order valence-corrected chi connectivity index (χ4v) is 2.60. The number of thioether (sulfide) groups is 1. The second-order valence-electron chi connectivity index (χ2n) is 3.61. The molecule has 4 heteroatoms. The summed E-state index contributed by atoms with van der Waals surface area (Å²) in [6, 6.07) is 0. The lowest BCUT2D eigenvalue weighted by molar-refractivity contribution is 0.0998. The van der Waals surface area contributed by atoms with E-state index in [0.717, 1.165) is 38.4 Å². The molecule has 1 aliphatic heterocycles. The lowest BCUT2D eigenvalue weighted by Crippen LogP contribution is -2.29. The van der Waals surface area contributed by atoms with E-state index in [1.165, 1.54) is 0 Å². The molecule has 2 N–H and O–H groups in total. The fourth-order valence-electron chi connectivity index (χ4n) is 1.46. The maximum Gasteiger partial charge on any atom is 0.0754 e. The minimum absolute atomic E-state index is 0.206. The van der Waals surface area contributed by atoms with Crippen molar-refractivity contribution in [1.29, 1.82) is 0 Å². The molecule has 84 valence electrons. The zero-order chi connectivity index (χ0) is 10.2. The SMILES string of the molecule is CCNCC(O)CSC1CCOCC1. The quantitative estimate of drug-likeness (QED) is 0.695. The first-order valence-electron chi connectivity index (χ1n) is 5.41. The van der Waals surface area contributed by atoms with Gasteiger partial charge < -0.3 is 15.2 Å². The first-order valence-corrected chi connectivity index (χ1v) is 6.46. The van der Waals surface area contributed by atoms with E-state index >= 15 is 0 Å². The molecule has 1 fully saturated rings. The van der Waals surface area contributed by atoms with Crippen molar-refractivity contribution in [2.24, 2.45) is 0 Å². The summed E-state index contributed by atoms with van der Waals surface area (Å²) in [5, 5.41) is 13.4. The number of ether oxygens (including phenoxy) is 1. The van der Waals surface area contributed by atoms with Crippen LogP contribution in [0.25, 0.3) is 0 Å². The number of aliphatic hydroxyl groups excluding tert-OH is 1. The smallest absolute Gasteiger partial charge is 0.0754 e. The Morgan fingerprint density at radius 1 is 1.50 bits per heavy atom. The highest BCUT2D eigenvalue weighted by Crippen LogP contribution is 2.22. The number of hydrogen-bond donors (Lipinski definition) is 2. The van der Waals surface area contributed by atoms with Crippen molar-refractivity contribution in [2.45, 2.75) is 31.1 Å². The lowest BCUT2D eigenvalue weighted by Gasteiger charge is -2.22. The minimum Gasteiger partial charge on any atom is -0.391 e. The van der Waals surface area contributed by atoms with Crippen LogP contribution in [-0.2, 0) is 4.74 Å². The molecule has 0 radical (unpaired) electrons. The molecule has 0 saturated carbocycles.